The van der Waals surface area contributed by atoms with Crippen molar-refractivity contribution >= 4 is 11.6 Å². The Morgan fingerprint density at radius 3 is 2.65 bits per heavy atom. The van der Waals surface area contributed by atoms with Gasteiger partial charge in [0.2, 0.25) is 0 Å². The number of rotatable bonds is 6. The molecule has 0 aliphatic rings. The quantitative estimate of drug-likeness (QED) is 0.824. The van der Waals surface area contributed by atoms with Gasteiger partial charge < -0.3 is 10.1 Å². The van der Waals surface area contributed by atoms with Gasteiger partial charge in [-0.15, -0.1) is 0 Å². The maximum absolute atomic E-state index is 6.10. The molecule has 0 saturated carbocycles. The van der Waals surface area contributed by atoms with Gasteiger partial charge in [-0.2, -0.15) is 0 Å². The third-order valence-electron chi connectivity index (χ3n) is 2.73. The van der Waals surface area contributed by atoms with Gasteiger partial charge in [0, 0.05) is 24.5 Å². The Morgan fingerprint density at radius 2 is 2.00 bits per heavy atom. The Hall–Kier alpha value is -1.65. The van der Waals surface area contributed by atoms with E-state index in [9.17, 15) is 0 Å². The van der Waals surface area contributed by atoms with E-state index in [0.717, 1.165) is 30.6 Å². The first kappa shape index (κ1) is 14.8. The first-order valence-corrected chi connectivity index (χ1v) is 7.02. The van der Waals surface area contributed by atoms with E-state index in [1.54, 1.807) is 12.4 Å². The van der Waals surface area contributed by atoms with Gasteiger partial charge in [0.05, 0.1) is 5.02 Å². The Bertz CT molecular complexity index is 558. The highest BCUT2D eigenvalue weighted by Crippen LogP contribution is 2.28. The van der Waals surface area contributed by atoms with Gasteiger partial charge in [-0.05, 0) is 37.6 Å². The fraction of sp³-hybridized carbons (Fsp3) is 0.333. The molecule has 1 aromatic carbocycles. The van der Waals surface area contributed by atoms with Crippen LogP contribution in [0.2, 0.25) is 5.02 Å². The SMILES string of the molecule is CCCNCc1cnc(Oc2ccc(C)cc2Cl)nc1. The predicted octanol–water partition coefficient (Wildman–Crippen LogP) is 3.73. The summed E-state index contributed by atoms with van der Waals surface area (Å²) in [5, 5.41) is 3.85. The molecule has 2 aromatic rings. The number of nitrogens with one attached hydrogen (secondary N) is 1. The fourth-order valence-electron chi connectivity index (χ4n) is 1.68. The lowest BCUT2D eigenvalue weighted by atomic mass is 10.2. The largest absolute Gasteiger partial charge is 0.423 e. The summed E-state index contributed by atoms with van der Waals surface area (Å²) in [6.07, 6.45) is 4.62. The van der Waals surface area contributed by atoms with Crippen molar-refractivity contribution in [1.29, 1.82) is 0 Å². The van der Waals surface area contributed by atoms with Crippen molar-refractivity contribution < 1.29 is 4.74 Å². The van der Waals surface area contributed by atoms with Crippen molar-refractivity contribution in [3.05, 3.63) is 46.7 Å². The summed E-state index contributed by atoms with van der Waals surface area (Å²) >= 11 is 6.10. The molecule has 0 aliphatic heterocycles. The topological polar surface area (TPSA) is 47.0 Å². The Balaban J connectivity index is 1.99. The zero-order chi connectivity index (χ0) is 14.4. The predicted molar refractivity (Wildman–Crippen MR) is 80.3 cm³/mol. The molecule has 1 heterocycles. The van der Waals surface area contributed by atoms with Crippen LogP contribution in [0, 0.1) is 6.92 Å². The van der Waals surface area contributed by atoms with E-state index in [4.69, 9.17) is 16.3 Å². The number of aromatic nitrogens is 2. The van der Waals surface area contributed by atoms with Gasteiger partial charge in [-0.1, -0.05) is 24.6 Å². The molecule has 1 N–H and O–H groups in total. The number of halogens is 1. The van der Waals surface area contributed by atoms with Crippen LogP contribution >= 0.6 is 11.6 Å². The standard InChI is InChI=1S/C15H18ClN3O/c1-3-6-17-8-12-9-18-15(19-10-12)20-14-5-4-11(2)7-13(14)16/h4-5,7,9-10,17H,3,6,8H2,1-2H3. The van der Waals surface area contributed by atoms with E-state index >= 15 is 0 Å². The van der Waals surface area contributed by atoms with Crippen molar-refractivity contribution in [2.75, 3.05) is 6.54 Å². The number of ether oxygens (including phenoxy) is 1. The summed E-state index contributed by atoms with van der Waals surface area (Å²) < 4.78 is 5.57. The monoisotopic (exact) mass is 291 g/mol. The lowest BCUT2D eigenvalue weighted by Crippen LogP contribution is -2.14. The molecule has 20 heavy (non-hydrogen) atoms. The van der Waals surface area contributed by atoms with Crippen molar-refractivity contribution in [3.8, 4) is 11.8 Å². The van der Waals surface area contributed by atoms with E-state index in [1.165, 1.54) is 0 Å². The van der Waals surface area contributed by atoms with Crippen LogP contribution in [-0.4, -0.2) is 16.5 Å². The number of hydrogen-bond donors (Lipinski definition) is 1. The molecule has 0 bridgehead atoms. The average molecular weight is 292 g/mol. The molecule has 0 fully saturated rings. The molecule has 0 aliphatic carbocycles. The number of aryl methyl sites for hydroxylation is 1. The van der Waals surface area contributed by atoms with E-state index in [1.807, 2.05) is 25.1 Å². The molecular formula is C15H18ClN3O. The van der Waals surface area contributed by atoms with Gasteiger partial charge in [-0.3, -0.25) is 0 Å². The average Bonchev–Trinajstić information content (AvgIpc) is 2.44. The third kappa shape index (κ3) is 4.18. The number of benzene rings is 1. The summed E-state index contributed by atoms with van der Waals surface area (Å²) in [5.41, 5.74) is 2.11. The summed E-state index contributed by atoms with van der Waals surface area (Å²) in [6.45, 7) is 5.85. The molecule has 0 saturated heterocycles. The van der Waals surface area contributed by atoms with Gasteiger partial charge in [-0.25, -0.2) is 9.97 Å². The van der Waals surface area contributed by atoms with Crippen LogP contribution in [0.25, 0.3) is 0 Å². The molecule has 106 valence electrons. The molecule has 2 rings (SSSR count). The zero-order valence-corrected chi connectivity index (χ0v) is 12.4. The van der Waals surface area contributed by atoms with Crippen molar-refractivity contribution in [2.24, 2.45) is 0 Å². The molecule has 5 heteroatoms. The number of hydrogen-bond acceptors (Lipinski definition) is 4. The zero-order valence-electron chi connectivity index (χ0n) is 11.7. The summed E-state index contributed by atoms with van der Waals surface area (Å²) in [4.78, 5) is 8.37. The lowest BCUT2D eigenvalue weighted by Gasteiger charge is -2.07. The van der Waals surface area contributed by atoms with Gasteiger partial charge in [0.1, 0.15) is 5.75 Å². The second-order valence-corrected chi connectivity index (χ2v) is 4.99. The summed E-state index contributed by atoms with van der Waals surface area (Å²) in [7, 11) is 0. The van der Waals surface area contributed by atoms with Crippen LogP contribution < -0.4 is 10.1 Å². The van der Waals surface area contributed by atoms with Crippen molar-refractivity contribution in [3.63, 3.8) is 0 Å². The van der Waals surface area contributed by atoms with Crippen LogP contribution in [0.3, 0.4) is 0 Å². The van der Waals surface area contributed by atoms with E-state index < -0.39 is 0 Å². The highest BCUT2D eigenvalue weighted by molar-refractivity contribution is 6.32. The second-order valence-electron chi connectivity index (χ2n) is 4.59. The summed E-state index contributed by atoms with van der Waals surface area (Å²) in [6, 6.07) is 5.90. The van der Waals surface area contributed by atoms with Crippen molar-refractivity contribution in [2.45, 2.75) is 26.8 Å². The molecule has 0 amide bonds. The van der Waals surface area contributed by atoms with Crippen LogP contribution in [-0.2, 0) is 6.54 Å². The van der Waals surface area contributed by atoms with Crippen LogP contribution in [0.5, 0.6) is 11.8 Å². The normalized spacial score (nSPS) is 10.6. The number of nitrogens with zero attached hydrogens (tertiary/aromatic N) is 2. The highest BCUT2D eigenvalue weighted by Gasteiger charge is 2.05. The van der Waals surface area contributed by atoms with Gasteiger partial charge >= 0.3 is 6.01 Å². The van der Waals surface area contributed by atoms with Gasteiger partial charge in [0.25, 0.3) is 0 Å². The van der Waals surface area contributed by atoms with Crippen LogP contribution in [0.15, 0.2) is 30.6 Å². The third-order valence-corrected chi connectivity index (χ3v) is 3.02. The Kier molecular flexibility index (Phi) is 5.32. The molecule has 0 atom stereocenters. The minimum absolute atomic E-state index is 0.301. The molecular weight excluding hydrogens is 274 g/mol. The molecule has 0 spiro atoms. The van der Waals surface area contributed by atoms with Crippen LogP contribution in [0.1, 0.15) is 24.5 Å². The molecule has 0 unspecified atom stereocenters. The minimum atomic E-state index is 0.301. The van der Waals surface area contributed by atoms with E-state index in [-0.39, 0.29) is 0 Å². The Morgan fingerprint density at radius 1 is 1.25 bits per heavy atom. The maximum atomic E-state index is 6.10. The summed E-state index contributed by atoms with van der Waals surface area (Å²) in [5.74, 6) is 0.564. The fourth-order valence-corrected chi connectivity index (χ4v) is 1.96. The smallest absolute Gasteiger partial charge is 0.321 e. The molecule has 1 aromatic heterocycles. The van der Waals surface area contributed by atoms with E-state index in [0.29, 0.717) is 16.8 Å². The Labute approximate surface area is 124 Å². The van der Waals surface area contributed by atoms with E-state index in [2.05, 4.69) is 22.2 Å². The maximum Gasteiger partial charge on any atom is 0.321 e. The molecule has 4 nitrogen and oxygen atoms in total. The lowest BCUT2D eigenvalue weighted by molar-refractivity contribution is 0.440. The van der Waals surface area contributed by atoms with Crippen molar-refractivity contribution in [1.82, 2.24) is 15.3 Å². The minimum Gasteiger partial charge on any atom is -0.423 e. The van der Waals surface area contributed by atoms with Gasteiger partial charge in [0.15, 0.2) is 0 Å². The second kappa shape index (κ2) is 7.22. The highest BCUT2D eigenvalue weighted by atomic mass is 35.5. The molecule has 0 radical (unpaired) electrons. The van der Waals surface area contributed by atoms with Crippen LogP contribution in [0.4, 0.5) is 0 Å². The first-order chi connectivity index (χ1) is 9.69. The first-order valence-electron chi connectivity index (χ1n) is 6.64.